The quantitative estimate of drug-likeness (QED) is 0.872. The second-order valence-corrected chi connectivity index (χ2v) is 7.37. The zero-order valence-corrected chi connectivity index (χ0v) is 15.9. The van der Waals surface area contributed by atoms with Gasteiger partial charge >= 0.3 is 0 Å². The zero-order chi connectivity index (χ0) is 18.7. The molecule has 0 unspecified atom stereocenters. The number of nitrogens with one attached hydrogen (secondary N) is 1. The predicted molar refractivity (Wildman–Crippen MR) is 106 cm³/mol. The highest BCUT2D eigenvalue weighted by Gasteiger charge is 2.34. The molecule has 0 aromatic heterocycles. The van der Waals surface area contributed by atoms with E-state index in [4.69, 9.17) is 4.74 Å². The first kappa shape index (κ1) is 18.5. The summed E-state index contributed by atoms with van der Waals surface area (Å²) in [6.45, 7) is 4.14. The van der Waals surface area contributed by atoms with Crippen molar-refractivity contribution in [2.45, 2.75) is 19.2 Å². The van der Waals surface area contributed by atoms with Crippen LogP contribution in [0.2, 0.25) is 0 Å². The fourth-order valence-electron chi connectivity index (χ4n) is 2.88. The Bertz CT molecular complexity index is 820. The molecule has 2 aromatic carbocycles. The van der Waals surface area contributed by atoms with Crippen molar-refractivity contribution >= 4 is 35.0 Å². The van der Waals surface area contributed by atoms with Gasteiger partial charge in [0.05, 0.1) is 5.75 Å². The van der Waals surface area contributed by atoms with Gasteiger partial charge in [-0.3, -0.25) is 14.5 Å². The van der Waals surface area contributed by atoms with E-state index < -0.39 is 0 Å². The summed E-state index contributed by atoms with van der Waals surface area (Å²) in [5, 5.41) is 2.71. The second-order valence-electron chi connectivity index (χ2n) is 6.30. The standard InChI is InChI=1S/C20H22N2O3S/c1-13-4-9-17(10-14(13)2)22-19(24)12-26-20(22)15-5-7-16(8-6-15)21-18(23)11-25-3/h4-10,20H,11-12H2,1-3H3,(H,21,23)/t20-/m0/s1. The highest BCUT2D eigenvalue weighted by atomic mass is 32.2. The number of ether oxygens (including phenoxy) is 1. The Morgan fingerprint density at radius 3 is 2.58 bits per heavy atom. The molecule has 1 N–H and O–H groups in total. The molecule has 1 saturated heterocycles. The fourth-order valence-corrected chi connectivity index (χ4v) is 4.06. The summed E-state index contributed by atoms with van der Waals surface area (Å²) in [4.78, 5) is 25.9. The van der Waals surface area contributed by atoms with Gasteiger partial charge in [-0.25, -0.2) is 0 Å². The van der Waals surface area contributed by atoms with Crippen molar-refractivity contribution in [3.05, 3.63) is 59.2 Å². The number of carbonyl (C=O) groups excluding carboxylic acids is 2. The first-order valence-electron chi connectivity index (χ1n) is 8.39. The second kappa shape index (κ2) is 7.93. The Balaban J connectivity index is 1.82. The molecule has 2 aromatic rings. The van der Waals surface area contributed by atoms with Crippen LogP contribution in [0.5, 0.6) is 0 Å². The third-order valence-electron chi connectivity index (χ3n) is 4.39. The number of hydrogen-bond donors (Lipinski definition) is 1. The Hall–Kier alpha value is -2.31. The van der Waals surface area contributed by atoms with E-state index in [-0.39, 0.29) is 23.8 Å². The van der Waals surface area contributed by atoms with E-state index in [0.29, 0.717) is 11.4 Å². The number of hydrogen-bond acceptors (Lipinski definition) is 4. The van der Waals surface area contributed by atoms with Gasteiger partial charge < -0.3 is 10.1 Å². The number of benzene rings is 2. The molecule has 0 aliphatic carbocycles. The summed E-state index contributed by atoms with van der Waals surface area (Å²) in [7, 11) is 1.48. The number of rotatable bonds is 5. The number of methoxy groups -OCH3 is 1. The van der Waals surface area contributed by atoms with E-state index in [1.807, 2.05) is 41.3 Å². The summed E-state index contributed by atoms with van der Waals surface area (Å²) >= 11 is 1.61. The Labute approximate surface area is 157 Å². The van der Waals surface area contributed by atoms with Crippen molar-refractivity contribution in [3.8, 4) is 0 Å². The monoisotopic (exact) mass is 370 g/mol. The van der Waals surface area contributed by atoms with Crippen LogP contribution in [0.1, 0.15) is 22.1 Å². The van der Waals surface area contributed by atoms with Gasteiger partial charge in [-0.05, 0) is 54.8 Å². The lowest BCUT2D eigenvalue weighted by molar-refractivity contribution is -0.119. The van der Waals surface area contributed by atoms with E-state index in [2.05, 4.69) is 25.2 Å². The van der Waals surface area contributed by atoms with Crippen molar-refractivity contribution in [2.24, 2.45) is 0 Å². The van der Waals surface area contributed by atoms with Crippen LogP contribution in [0.4, 0.5) is 11.4 Å². The third kappa shape index (κ3) is 3.92. The Kier molecular flexibility index (Phi) is 5.64. The molecule has 136 valence electrons. The van der Waals surface area contributed by atoms with Crippen LogP contribution in [-0.2, 0) is 14.3 Å². The van der Waals surface area contributed by atoms with E-state index in [9.17, 15) is 9.59 Å². The summed E-state index contributed by atoms with van der Waals surface area (Å²) in [6, 6.07) is 13.7. The minimum atomic E-state index is -0.192. The number of amides is 2. The first-order valence-corrected chi connectivity index (χ1v) is 9.44. The first-order chi connectivity index (χ1) is 12.5. The van der Waals surface area contributed by atoms with E-state index in [1.54, 1.807) is 11.8 Å². The Morgan fingerprint density at radius 1 is 1.19 bits per heavy atom. The molecule has 26 heavy (non-hydrogen) atoms. The topological polar surface area (TPSA) is 58.6 Å². The minimum Gasteiger partial charge on any atom is -0.375 e. The van der Waals surface area contributed by atoms with Crippen LogP contribution in [0, 0.1) is 13.8 Å². The zero-order valence-electron chi connectivity index (χ0n) is 15.1. The molecule has 6 heteroatoms. The molecule has 3 rings (SSSR count). The van der Waals surface area contributed by atoms with Crippen molar-refractivity contribution in [3.63, 3.8) is 0 Å². The molecule has 1 fully saturated rings. The van der Waals surface area contributed by atoms with Crippen LogP contribution in [-0.4, -0.2) is 31.3 Å². The number of thioether (sulfide) groups is 1. The molecule has 0 saturated carbocycles. The lowest BCUT2D eigenvalue weighted by atomic mass is 10.1. The van der Waals surface area contributed by atoms with Gasteiger partial charge in [0.1, 0.15) is 12.0 Å². The highest BCUT2D eigenvalue weighted by molar-refractivity contribution is 8.00. The summed E-state index contributed by atoms with van der Waals surface area (Å²) in [5.41, 5.74) is 5.04. The number of carbonyl (C=O) groups is 2. The van der Waals surface area contributed by atoms with Crippen LogP contribution in [0.3, 0.4) is 0 Å². The van der Waals surface area contributed by atoms with Gasteiger partial charge in [-0.15, -0.1) is 11.8 Å². The number of aryl methyl sites for hydroxylation is 2. The van der Waals surface area contributed by atoms with Crippen LogP contribution < -0.4 is 10.2 Å². The molecule has 1 heterocycles. The average molecular weight is 370 g/mol. The van der Waals surface area contributed by atoms with Crippen molar-refractivity contribution < 1.29 is 14.3 Å². The SMILES string of the molecule is COCC(=O)Nc1ccc([C@@H]2SCC(=O)N2c2ccc(C)c(C)c2)cc1. The smallest absolute Gasteiger partial charge is 0.250 e. The molecule has 1 atom stereocenters. The van der Waals surface area contributed by atoms with Crippen molar-refractivity contribution in [2.75, 3.05) is 29.7 Å². The van der Waals surface area contributed by atoms with Gasteiger partial charge in [0.25, 0.3) is 0 Å². The minimum absolute atomic E-state index is 0.0231. The molecular formula is C20H22N2O3S. The summed E-state index contributed by atoms with van der Waals surface area (Å²) < 4.78 is 4.81. The highest BCUT2D eigenvalue weighted by Crippen LogP contribution is 2.42. The maximum atomic E-state index is 12.5. The van der Waals surface area contributed by atoms with Crippen LogP contribution >= 0.6 is 11.8 Å². The largest absolute Gasteiger partial charge is 0.375 e. The van der Waals surface area contributed by atoms with Gasteiger partial charge in [0.15, 0.2) is 0 Å². The van der Waals surface area contributed by atoms with Gasteiger partial charge in [-0.2, -0.15) is 0 Å². The van der Waals surface area contributed by atoms with Gasteiger partial charge in [-0.1, -0.05) is 18.2 Å². The molecule has 0 radical (unpaired) electrons. The summed E-state index contributed by atoms with van der Waals surface area (Å²) in [5.74, 6) is 0.382. The van der Waals surface area contributed by atoms with E-state index in [1.165, 1.54) is 18.2 Å². The molecule has 0 bridgehead atoms. The average Bonchev–Trinajstić information content (AvgIpc) is 3.00. The normalized spacial score (nSPS) is 16.8. The van der Waals surface area contributed by atoms with Crippen LogP contribution in [0.15, 0.2) is 42.5 Å². The van der Waals surface area contributed by atoms with Crippen molar-refractivity contribution in [1.29, 1.82) is 0 Å². The Morgan fingerprint density at radius 2 is 1.92 bits per heavy atom. The van der Waals surface area contributed by atoms with Crippen molar-refractivity contribution in [1.82, 2.24) is 0 Å². The summed E-state index contributed by atoms with van der Waals surface area (Å²) in [6.07, 6.45) is 0. The van der Waals surface area contributed by atoms with Crippen LogP contribution in [0.25, 0.3) is 0 Å². The maximum absolute atomic E-state index is 12.5. The third-order valence-corrected chi connectivity index (χ3v) is 5.60. The molecule has 5 nitrogen and oxygen atoms in total. The maximum Gasteiger partial charge on any atom is 0.250 e. The fraction of sp³-hybridized carbons (Fsp3) is 0.300. The van der Waals surface area contributed by atoms with E-state index >= 15 is 0 Å². The van der Waals surface area contributed by atoms with Gasteiger partial charge in [0.2, 0.25) is 11.8 Å². The molecule has 0 spiro atoms. The number of anilines is 2. The predicted octanol–water partition coefficient (Wildman–Crippen LogP) is 3.67. The molecule has 2 amide bonds. The molecule has 1 aliphatic rings. The molecule has 1 aliphatic heterocycles. The molecular weight excluding hydrogens is 348 g/mol. The van der Waals surface area contributed by atoms with Gasteiger partial charge in [0, 0.05) is 18.5 Å². The lowest BCUT2D eigenvalue weighted by Crippen LogP contribution is -2.27. The van der Waals surface area contributed by atoms with E-state index in [0.717, 1.165) is 11.3 Å². The lowest BCUT2D eigenvalue weighted by Gasteiger charge is -2.25. The number of nitrogens with zero attached hydrogens (tertiary/aromatic N) is 1.